The van der Waals surface area contributed by atoms with Crippen molar-refractivity contribution in [2.75, 3.05) is 37.7 Å². The largest absolute Gasteiger partial charge is 0.369 e. The Bertz CT molecular complexity index is 822. The van der Waals surface area contributed by atoms with E-state index in [0.717, 1.165) is 31.7 Å². The maximum absolute atomic E-state index is 9.27. The quantitative estimate of drug-likeness (QED) is 0.237. The molecule has 1 fully saturated rings. The Morgan fingerprint density at radius 3 is 2.75 bits per heavy atom. The van der Waals surface area contributed by atoms with E-state index >= 15 is 0 Å². The molecule has 2 aliphatic rings. The van der Waals surface area contributed by atoms with E-state index < -0.39 is 0 Å². The van der Waals surface area contributed by atoms with E-state index in [4.69, 9.17) is 22.1 Å². The molecule has 0 unspecified atom stereocenters. The number of allylic oxidation sites excluding steroid dienone is 2. The minimum absolute atomic E-state index is 0.205. The summed E-state index contributed by atoms with van der Waals surface area (Å²) in [5.41, 5.74) is 5.46. The molecule has 146 valence electrons. The molecular formula is C19H22N6O2S. The van der Waals surface area contributed by atoms with E-state index in [0.29, 0.717) is 17.2 Å². The van der Waals surface area contributed by atoms with Crippen LogP contribution in [0, 0.1) is 11.3 Å². The first kappa shape index (κ1) is 20.1. The summed E-state index contributed by atoms with van der Waals surface area (Å²) in [5.74, 6) is 0. The Labute approximate surface area is 169 Å². The van der Waals surface area contributed by atoms with Crippen molar-refractivity contribution in [2.24, 2.45) is 5.10 Å². The molecule has 3 rings (SSSR count). The molecule has 1 saturated heterocycles. The lowest BCUT2D eigenvalue weighted by atomic mass is 10.1. The van der Waals surface area contributed by atoms with Gasteiger partial charge in [-0.25, -0.2) is 4.89 Å². The predicted octanol–water partition coefficient (Wildman–Crippen LogP) is 1.95. The molecule has 0 bridgehead atoms. The molecule has 0 saturated carbocycles. The average molecular weight is 398 g/mol. The number of rotatable bonds is 7. The first-order valence-electron chi connectivity index (χ1n) is 9.04. The fourth-order valence-corrected chi connectivity index (χ4v) is 3.05. The number of hydrogen-bond donors (Lipinski definition) is 2. The average Bonchev–Trinajstić information content (AvgIpc) is 3.04. The second kappa shape index (κ2) is 10.1. The van der Waals surface area contributed by atoms with Crippen LogP contribution in [0.15, 0.2) is 47.1 Å². The summed E-state index contributed by atoms with van der Waals surface area (Å²) in [6, 6.07) is 10.4. The van der Waals surface area contributed by atoms with E-state index in [2.05, 4.69) is 45.2 Å². The van der Waals surface area contributed by atoms with Crippen LogP contribution in [0.2, 0.25) is 0 Å². The zero-order valence-corrected chi connectivity index (χ0v) is 16.4. The van der Waals surface area contributed by atoms with Gasteiger partial charge in [0.2, 0.25) is 0 Å². The number of hydrogen-bond acceptors (Lipinski definition) is 8. The van der Waals surface area contributed by atoms with E-state index in [1.54, 1.807) is 13.0 Å². The molecule has 1 aromatic rings. The van der Waals surface area contributed by atoms with E-state index in [9.17, 15) is 5.26 Å². The summed E-state index contributed by atoms with van der Waals surface area (Å²) in [7, 11) is 0. The number of nitriles is 1. The van der Waals surface area contributed by atoms with Gasteiger partial charge >= 0.3 is 0 Å². The molecule has 0 radical (unpaired) electrons. The van der Waals surface area contributed by atoms with Gasteiger partial charge in [0.05, 0.1) is 12.2 Å². The Hall–Kier alpha value is -2.61. The van der Waals surface area contributed by atoms with Crippen LogP contribution in [0.4, 0.5) is 5.69 Å². The minimum atomic E-state index is 0.205. The zero-order chi connectivity index (χ0) is 19.8. The van der Waals surface area contributed by atoms with Crippen molar-refractivity contribution >= 4 is 34.7 Å². The van der Waals surface area contributed by atoms with Gasteiger partial charge in [0, 0.05) is 31.9 Å². The monoisotopic (exact) mass is 398 g/mol. The minimum Gasteiger partial charge on any atom is -0.369 e. The zero-order valence-electron chi connectivity index (χ0n) is 15.6. The van der Waals surface area contributed by atoms with Crippen molar-refractivity contribution in [1.29, 1.82) is 5.26 Å². The van der Waals surface area contributed by atoms with Gasteiger partial charge in [-0.05, 0) is 30.7 Å². The van der Waals surface area contributed by atoms with Crippen LogP contribution in [0.25, 0.3) is 6.08 Å². The molecule has 1 aromatic carbocycles. The molecule has 0 aromatic heterocycles. The summed E-state index contributed by atoms with van der Waals surface area (Å²) in [6.07, 6.45) is 5.57. The van der Waals surface area contributed by atoms with Crippen LogP contribution >= 0.6 is 12.2 Å². The first-order valence-corrected chi connectivity index (χ1v) is 9.45. The molecule has 2 heterocycles. The van der Waals surface area contributed by atoms with Crippen molar-refractivity contribution in [3.63, 3.8) is 0 Å². The van der Waals surface area contributed by atoms with Crippen LogP contribution in [-0.4, -0.2) is 48.6 Å². The highest BCUT2D eigenvalue weighted by Gasteiger charge is 2.26. The lowest BCUT2D eigenvalue weighted by Gasteiger charge is -2.29. The van der Waals surface area contributed by atoms with E-state index in [1.807, 2.05) is 18.2 Å². The second-order valence-electron chi connectivity index (χ2n) is 6.03. The predicted molar refractivity (Wildman–Crippen MR) is 112 cm³/mol. The Morgan fingerprint density at radius 2 is 2.07 bits per heavy atom. The lowest BCUT2D eigenvalue weighted by Crippen LogP contribution is -2.43. The summed E-state index contributed by atoms with van der Waals surface area (Å²) in [6.45, 7) is 6.21. The Balaban J connectivity index is 1.63. The van der Waals surface area contributed by atoms with Crippen LogP contribution in [0.3, 0.4) is 0 Å². The van der Waals surface area contributed by atoms with Crippen LogP contribution in [0.1, 0.15) is 12.5 Å². The van der Waals surface area contributed by atoms with Crippen molar-refractivity contribution in [3.05, 3.63) is 47.6 Å². The highest BCUT2D eigenvalue weighted by atomic mass is 32.1. The van der Waals surface area contributed by atoms with E-state index in [-0.39, 0.29) is 5.71 Å². The topological polar surface area (TPSA) is 85.1 Å². The van der Waals surface area contributed by atoms with Crippen molar-refractivity contribution in [1.82, 2.24) is 16.0 Å². The van der Waals surface area contributed by atoms with Crippen molar-refractivity contribution in [3.8, 4) is 6.07 Å². The van der Waals surface area contributed by atoms with Crippen molar-refractivity contribution < 1.29 is 9.88 Å². The molecule has 0 atom stereocenters. The molecule has 28 heavy (non-hydrogen) atoms. The molecule has 0 spiro atoms. The van der Waals surface area contributed by atoms with Crippen molar-refractivity contribution in [2.45, 2.75) is 6.92 Å². The summed E-state index contributed by atoms with van der Waals surface area (Å²) < 4.78 is 0. The summed E-state index contributed by atoms with van der Waals surface area (Å²) in [4.78, 5) is 12.2. The molecule has 0 amide bonds. The maximum atomic E-state index is 9.27. The van der Waals surface area contributed by atoms with Gasteiger partial charge in [0.25, 0.3) is 0 Å². The van der Waals surface area contributed by atoms with Gasteiger partial charge in [-0.1, -0.05) is 42.1 Å². The molecule has 0 aliphatic carbocycles. The van der Waals surface area contributed by atoms with Gasteiger partial charge < -0.3 is 10.2 Å². The highest BCUT2D eigenvalue weighted by Crippen LogP contribution is 2.18. The number of hydrazone groups is 1. The third kappa shape index (κ3) is 5.01. The van der Waals surface area contributed by atoms with Crippen LogP contribution in [0.5, 0.6) is 0 Å². The third-order valence-electron chi connectivity index (χ3n) is 4.21. The molecule has 2 N–H and O–H groups in total. The van der Waals surface area contributed by atoms with Gasteiger partial charge in [0.1, 0.15) is 6.07 Å². The van der Waals surface area contributed by atoms with Gasteiger partial charge in [-0.2, -0.15) is 10.4 Å². The molecular weight excluding hydrogens is 376 g/mol. The summed E-state index contributed by atoms with van der Waals surface area (Å²) >= 11 is 5.32. The maximum Gasteiger partial charge on any atom is 0.172 e. The molecule has 8 nitrogen and oxygen atoms in total. The van der Waals surface area contributed by atoms with Gasteiger partial charge in [-0.15, -0.1) is 10.1 Å². The SMILES string of the molecule is CCOONN1N=C(C#N)/C(=C/C=C/c2ccc(N3CCNCC3)cc2)C1=S. The molecule has 9 heteroatoms. The number of piperazine rings is 1. The number of anilines is 1. The van der Waals surface area contributed by atoms with Crippen LogP contribution < -0.4 is 15.8 Å². The lowest BCUT2D eigenvalue weighted by molar-refractivity contribution is -0.359. The number of thiocarbonyl (C=S) groups is 1. The third-order valence-corrected chi connectivity index (χ3v) is 4.60. The number of nitrogens with one attached hydrogen (secondary N) is 2. The smallest absolute Gasteiger partial charge is 0.172 e. The fourth-order valence-electron chi connectivity index (χ4n) is 2.80. The summed E-state index contributed by atoms with van der Waals surface area (Å²) in [5, 5.41) is 17.9. The number of benzene rings is 1. The molecule has 2 aliphatic heterocycles. The number of nitrogens with zero attached hydrogens (tertiary/aromatic N) is 4. The Morgan fingerprint density at radius 1 is 1.32 bits per heavy atom. The fraction of sp³-hybridized carbons (Fsp3) is 0.316. The van der Waals surface area contributed by atoms with Crippen LogP contribution in [-0.2, 0) is 9.88 Å². The first-order chi connectivity index (χ1) is 13.7. The van der Waals surface area contributed by atoms with Gasteiger partial charge in [-0.3, -0.25) is 0 Å². The number of hydrazine groups is 1. The van der Waals surface area contributed by atoms with E-state index in [1.165, 1.54) is 10.8 Å². The normalized spacial score (nSPS) is 18.8. The second-order valence-corrected chi connectivity index (χ2v) is 6.41. The highest BCUT2D eigenvalue weighted by molar-refractivity contribution is 7.80. The van der Waals surface area contributed by atoms with Gasteiger partial charge in [0.15, 0.2) is 10.7 Å². The standard InChI is InChI=1S/C19H22N6O2S/c1-2-26-27-23-25-19(28)17(18(14-20)22-25)5-3-4-15-6-8-16(9-7-15)24-12-10-21-11-13-24/h3-9,21,23H,2,10-13H2,1H3/b4-3+,17-5-. The Kier molecular flexibility index (Phi) is 7.25.